The van der Waals surface area contributed by atoms with Crippen molar-refractivity contribution in [3.8, 4) is 23.1 Å². The fourth-order valence-electron chi connectivity index (χ4n) is 3.30. The van der Waals surface area contributed by atoms with Gasteiger partial charge in [0.15, 0.2) is 0 Å². The SMILES string of the molecule is CC#CCC1CNC(=O)c2cc(-c3cccc4nc(C)c(F)nc34)[nH]c21. The zero-order valence-corrected chi connectivity index (χ0v) is 14.5. The van der Waals surface area contributed by atoms with Crippen LogP contribution < -0.4 is 5.32 Å². The molecule has 3 heterocycles. The Bertz CT molecular complexity index is 1090. The van der Waals surface area contributed by atoms with E-state index in [-0.39, 0.29) is 17.5 Å². The van der Waals surface area contributed by atoms with E-state index in [2.05, 4.69) is 32.1 Å². The summed E-state index contributed by atoms with van der Waals surface area (Å²) < 4.78 is 14.0. The summed E-state index contributed by atoms with van der Waals surface area (Å²) >= 11 is 0. The summed E-state index contributed by atoms with van der Waals surface area (Å²) in [6.45, 7) is 3.93. The molecule has 0 saturated carbocycles. The molecule has 0 aliphatic carbocycles. The molecule has 6 heteroatoms. The first kappa shape index (κ1) is 16.3. The molecule has 0 radical (unpaired) electrons. The first-order valence-corrected chi connectivity index (χ1v) is 8.42. The molecule has 0 fully saturated rings. The van der Waals surface area contributed by atoms with Crippen molar-refractivity contribution in [3.63, 3.8) is 0 Å². The number of halogens is 1. The molecule has 130 valence electrons. The summed E-state index contributed by atoms with van der Waals surface area (Å²) in [6.07, 6.45) is 0.660. The van der Waals surface area contributed by atoms with Crippen molar-refractivity contribution in [2.24, 2.45) is 0 Å². The second kappa shape index (κ2) is 6.26. The minimum atomic E-state index is -0.588. The van der Waals surface area contributed by atoms with Crippen molar-refractivity contribution < 1.29 is 9.18 Å². The van der Waals surface area contributed by atoms with Gasteiger partial charge in [-0.1, -0.05) is 12.1 Å². The highest BCUT2D eigenvalue weighted by Crippen LogP contribution is 2.33. The number of rotatable bonds is 2. The van der Waals surface area contributed by atoms with Crippen molar-refractivity contribution in [2.75, 3.05) is 6.54 Å². The first-order chi connectivity index (χ1) is 12.6. The lowest BCUT2D eigenvalue weighted by Crippen LogP contribution is -2.34. The average molecular weight is 348 g/mol. The molecule has 0 saturated heterocycles. The number of benzene rings is 1. The molecule has 0 spiro atoms. The fraction of sp³-hybridized carbons (Fsp3) is 0.250. The third-order valence-electron chi connectivity index (χ3n) is 4.64. The molecule has 1 amide bonds. The van der Waals surface area contributed by atoms with E-state index in [1.54, 1.807) is 26.0 Å². The molecule has 1 aromatic carbocycles. The highest BCUT2D eigenvalue weighted by molar-refractivity contribution is 5.99. The summed E-state index contributed by atoms with van der Waals surface area (Å²) in [7, 11) is 0. The number of amides is 1. The van der Waals surface area contributed by atoms with Crippen LogP contribution in [0, 0.1) is 24.7 Å². The highest BCUT2D eigenvalue weighted by atomic mass is 19.1. The molecule has 1 atom stereocenters. The zero-order chi connectivity index (χ0) is 18.3. The number of hydrogen-bond acceptors (Lipinski definition) is 3. The van der Waals surface area contributed by atoms with Crippen LogP contribution in [0.1, 0.15) is 41.0 Å². The van der Waals surface area contributed by atoms with E-state index in [1.807, 2.05) is 12.1 Å². The Morgan fingerprint density at radius 3 is 2.96 bits per heavy atom. The third kappa shape index (κ3) is 2.62. The second-order valence-electron chi connectivity index (χ2n) is 6.32. The number of para-hydroxylation sites is 1. The first-order valence-electron chi connectivity index (χ1n) is 8.42. The van der Waals surface area contributed by atoms with Crippen LogP contribution in [0.3, 0.4) is 0 Å². The molecule has 2 aromatic heterocycles. The van der Waals surface area contributed by atoms with Crippen molar-refractivity contribution in [2.45, 2.75) is 26.2 Å². The minimum Gasteiger partial charge on any atom is -0.357 e. The van der Waals surface area contributed by atoms with Crippen LogP contribution in [0.4, 0.5) is 4.39 Å². The fourth-order valence-corrected chi connectivity index (χ4v) is 3.30. The van der Waals surface area contributed by atoms with E-state index >= 15 is 0 Å². The molecule has 1 aliphatic rings. The van der Waals surface area contributed by atoms with Gasteiger partial charge in [0.1, 0.15) is 5.52 Å². The quantitative estimate of drug-likeness (QED) is 0.698. The topological polar surface area (TPSA) is 70.7 Å². The van der Waals surface area contributed by atoms with Gasteiger partial charge in [0, 0.05) is 35.8 Å². The molecule has 3 aromatic rings. The summed E-state index contributed by atoms with van der Waals surface area (Å²) in [4.78, 5) is 23.9. The van der Waals surface area contributed by atoms with Crippen molar-refractivity contribution in [3.05, 3.63) is 47.2 Å². The number of nitrogens with one attached hydrogen (secondary N) is 2. The maximum Gasteiger partial charge on any atom is 0.253 e. The molecule has 0 bridgehead atoms. The van der Waals surface area contributed by atoms with Gasteiger partial charge in [0.2, 0.25) is 5.95 Å². The van der Waals surface area contributed by atoms with Crippen LogP contribution in [-0.2, 0) is 0 Å². The van der Waals surface area contributed by atoms with Gasteiger partial charge in [0.05, 0.1) is 16.8 Å². The van der Waals surface area contributed by atoms with E-state index in [0.29, 0.717) is 29.6 Å². The number of aromatic nitrogens is 3. The second-order valence-corrected chi connectivity index (χ2v) is 6.32. The Labute approximate surface area is 150 Å². The number of hydrogen-bond donors (Lipinski definition) is 2. The molecule has 26 heavy (non-hydrogen) atoms. The van der Waals surface area contributed by atoms with Crippen LogP contribution >= 0.6 is 0 Å². The highest BCUT2D eigenvalue weighted by Gasteiger charge is 2.28. The van der Waals surface area contributed by atoms with Gasteiger partial charge in [-0.25, -0.2) is 9.97 Å². The van der Waals surface area contributed by atoms with Crippen molar-refractivity contribution in [1.29, 1.82) is 0 Å². The van der Waals surface area contributed by atoms with Crippen LogP contribution in [0.2, 0.25) is 0 Å². The number of H-pyrrole nitrogens is 1. The zero-order valence-electron chi connectivity index (χ0n) is 14.5. The summed E-state index contributed by atoms with van der Waals surface area (Å²) in [6, 6.07) is 7.29. The van der Waals surface area contributed by atoms with E-state index in [1.165, 1.54) is 0 Å². The van der Waals surface area contributed by atoms with Crippen molar-refractivity contribution in [1.82, 2.24) is 20.3 Å². The van der Waals surface area contributed by atoms with Crippen LogP contribution in [0.5, 0.6) is 0 Å². The average Bonchev–Trinajstić information content (AvgIpc) is 3.08. The molecule has 1 aliphatic heterocycles. The van der Waals surface area contributed by atoms with Gasteiger partial charge >= 0.3 is 0 Å². The largest absolute Gasteiger partial charge is 0.357 e. The maximum absolute atomic E-state index is 14.0. The van der Waals surface area contributed by atoms with Gasteiger partial charge < -0.3 is 10.3 Å². The lowest BCUT2D eigenvalue weighted by Gasteiger charge is -2.21. The Morgan fingerprint density at radius 1 is 1.31 bits per heavy atom. The predicted octanol–water partition coefficient (Wildman–Crippen LogP) is 3.31. The molecule has 2 N–H and O–H groups in total. The molecular weight excluding hydrogens is 331 g/mol. The van der Waals surface area contributed by atoms with Gasteiger partial charge in [-0.3, -0.25) is 4.79 Å². The van der Waals surface area contributed by atoms with Gasteiger partial charge in [-0.15, -0.1) is 11.8 Å². The number of aryl methyl sites for hydroxylation is 1. The number of nitrogens with zero attached hydrogens (tertiary/aromatic N) is 2. The van der Waals surface area contributed by atoms with Gasteiger partial charge in [0.25, 0.3) is 5.91 Å². The lowest BCUT2D eigenvalue weighted by atomic mass is 9.94. The number of carbonyl (C=O) groups excluding carboxylic acids is 1. The Hall–Kier alpha value is -3.20. The normalized spacial score (nSPS) is 16.0. The van der Waals surface area contributed by atoms with Crippen LogP contribution in [-0.4, -0.2) is 27.4 Å². The third-order valence-corrected chi connectivity index (χ3v) is 4.64. The number of carbonyl (C=O) groups is 1. The lowest BCUT2D eigenvalue weighted by molar-refractivity contribution is 0.0940. The van der Waals surface area contributed by atoms with E-state index in [9.17, 15) is 9.18 Å². The minimum absolute atomic E-state index is 0.101. The molecule has 5 nitrogen and oxygen atoms in total. The van der Waals surface area contributed by atoms with E-state index < -0.39 is 5.95 Å². The van der Waals surface area contributed by atoms with E-state index in [0.717, 1.165) is 17.0 Å². The Morgan fingerprint density at radius 2 is 2.15 bits per heavy atom. The van der Waals surface area contributed by atoms with Gasteiger partial charge in [-0.2, -0.15) is 4.39 Å². The Balaban J connectivity index is 1.87. The van der Waals surface area contributed by atoms with Crippen molar-refractivity contribution >= 4 is 16.9 Å². The number of aromatic amines is 1. The monoisotopic (exact) mass is 348 g/mol. The van der Waals surface area contributed by atoms with Crippen LogP contribution in [0.25, 0.3) is 22.3 Å². The Kier molecular flexibility index (Phi) is 3.92. The van der Waals surface area contributed by atoms with Gasteiger partial charge in [-0.05, 0) is 26.0 Å². The summed E-state index contributed by atoms with van der Waals surface area (Å²) in [5, 5.41) is 2.90. The maximum atomic E-state index is 14.0. The predicted molar refractivity (Wildman–Crippen MR) is 97.2 cm³/mol. The number of fused-ring (bicyclic) bond motifs is 2. The summed E-state index contributed by atoms with van der Waals surface area (Å²) in [5.41, 5.74) is 4.26. The molecule has 1 unspecified atom stereocenters. The van der Waals surface area contributed by atoms with E-state index in [4.69, 9.17) is 0 Å². The molecular formula is C20H17FN4O. The summed E-state index contributed by atoms with van der Waals surface area (Å²) in [5.74, 6) is 5.37. The smallest absolute Gasteiger partial charge is 0.253 e. The molecule has 4 rings (SSSR count). The standard InChI is InChI=1S/C20H17FN4O/c1-3-4-6-12-10-22-20(26)14-9-16(24-17(12)14)13-7-5-8-15-18(13)25-19(21)11(2)23-15/h5,7-9,12,24H,6,10H2,1-2H3,(H,22,26). The van der Waals surface area contributed by atoms with Crippen LogP contribution in [0.15, 0.2) is 24.3 Å².